The zero-order valence-electron chi connectivity index (χ0n) is 15.5. The van der Waals surface area contributed by atoms with Crippen molar-refractivity contribution in [1.82, 2.24) is 4.90 Å². The van der Waals surface area contributed by atoms with Crippen LogP contribution < -0.4 is 0 Å². The zero-order valence-corrected chi connectivity index (χ0v) is 15.5. The molecule has 0 spiro atoms. The van der Waals surface area contributed by atoms with Crippen LogP contribution in [-0.4, -0.2) is 30.4 Å². The topological polar surface area (TPSA) is 59.8 Å². The summed E-state index contributed by atoms with van der Waals surface area (Å²) in [5.74, 6) is 1.45. The minimum atomic E-state index is -0.291. The highest BCUT2D eigenvalue weighted by molar-refractivity contribution is 5.79. The maximum absolute atomic E-state index is 13.0. The van der Waals surface area contributed by atoms with Gasteiger partial charge in [0.2, 0.25) is 5.91 Å². The molecular weight excluding hydrogens is 318 g/mol. The van der Waals surface area contributed by atoms with Crippen molar-refractivity contribution in [1.29, 1.82) is 0 Å². The molecule has 0 radical (unpaired) electrons. The van der Waals surface area contributed by atoms with E-state index in [9.17, 15) is 9.59 Å². The van der Waals surface area contributed by atoms with Crippen molar-refractivity contribution in [3.8, 4) is 0 Å². The van der Waals surface area contributed by atoms with Crippen LogP contribution in [0.1, 0.15) is 64.1 Å². The van der Waals surface area contributed by atoms with Crippen molar-refractivity contribution in [3.63, 3.8) is 0 Å². The van der Waals surface area contributed by atoms with E-state index in [1.807, 2.05) is 12.1 Å². The van der Waals surface area contributed by atoms with E-state index in [0.717, 1.165) is 37.4 Å². The number of furan rings is 1. The number of rotatable bonds is 9. The lowest BCUT2D eigenvalue weighted by molar-refractivity contribution is -0.143. The highest BCUT2D eigenvalue weighted by Crippen LogP contribution is 2.33. The Balaban J connectivity index is 1.91. The third kappa shape index (κ3) is 6.22. The standard InChI is InChI=1S/C20H31NO4/c1-3-4-6-16-8-10-17(11-9-16)20(23)21(13-12-19(22)24-2)15-18-7-5-14-25-18/h5,7,14,16-17H,3-4,6,8-13,15H2,1-2H3. The maximum atomic E-state index is 13.0. The van der Waals surface area contributed by atoms with Crippen LogP contribution in [0.25, 0.3) is 0 Å². The first-order chi connectivity index (χ1) is 12.1. The fraction of sp³-hybridized carbons (Fsp3) is 0.700. The van der Waals surface area contributed by atoms with E-state index in [-0.39, 0.29) is 24.2 Å². The van der Waals surface area contributed by atoms with E-state index in [0.29, 0.717) is 13.1 Å². The van der Waals surface area contributed by atoms with Gasteiger partial charge in [-0.3, -0.25) is 9.59 Å². The molecule has 0 aromatic carbocycles. The first-order valence-electron chi connectivity index (χ1n) is 9.52. The van der Waals surface area contributed by atoms with E-state index >= 15 is 0 Å². The van der Waals surface area contributed by atoms with Gasteiger partial charge >= 0.3 is 5.97 Å². The average Bonchev–Trinajstić information content (AvgIpc) is 3.16. The van der Waals surface area contributed by atoms with Gasteiger partial charge < -0.3 is 14.1 Å². The Hall–Kier alpha value is -1.78. The minimum absolute atomic E-state index is 0.0745. The summed E-state index contributed by atoms with van der Waals surface area (Å²) in [6.45, 7) is 3.02. The zero-order chi connectivity index (χ0) is 18.1. The SMILES string of the molecule is CCCCC1CCC(C(=O)N(CCC(=O)OC)Cc2ccco2)CC1. The molecular formula is C20H31NO4. The molecule has 1 amide bonds. The van der Waals surface area contributed by atoms with E-state index in [1.54, 1.807) is 11.2 Å². The second-order valence-corrected chi connectivity index (χ2v) is 7.03. The Bertz CT molecular complexity index is 518. The molecule has 0 bridgehead atoms. The van der Waals surface area contributed by atoms with Gasteiger partial charge in [0.1, 0.15) is 5.76 Å². The lowest BCUT2D eigenvalue weighted by Crippen LogP contribution is -2.38. The molecule has 25 heavy (non-hydrogen) atoms. The van der Waals surface area contributed by atoms with Crippen LogP contribution in [0.4, 0.5) is 0 Å². The summed E-state index contributed by atoms with van der Waals surface area (Å²) < 4.78 is 10.1. The maximum Gasteiger partial charge on any atom is 0.307 e. The van der Waals surface area contributed by atoms with Crippen LogP contribution in [0.15, 0.2) is 22.8 Å². The van der Waals surface area contributed by atoms with Gasteiger partial charge in [0.25, 0.3) is 0 Å². The molecule has 1 saturated carbocycles. The van der Waals surface area contributed by atoms with Gasteiger partial charge in [-0.15, -0.1) is 0 Å². The van der Waals surface area contributed by atoms with Gasteiger partial charge in [-0.1, -0.05) is 26.2 Å². The second kappa shape index (κ2) is 10.3. The van der Waals surface area contributed by atoms with E-state index in [2.05, 4.69) is 6.92 Å². The molecule has 0 unspecified atom stereocenters. The summed E-state index contributed by atoms with van der Waals surface area (Å²) in [6, 6.07) is 3.68. The normalized spacial score (nSPS) is 20.2. The van der Waals surface area contributed by atoms with Crippen LogP contribution in [0.2, 0.25) is 0 Å². The fourth-order valence-corrected chi connectivity index (χ4v) is 3.64. The summed E-state index contributed by atoms with van der Waals surface area (Å²) in [6.07, 6.45) is 9.84. The number of methoxy groups -OCH3 is 1. The van der Waals surface area contributed by atoms with Crippen LogP contribution in [-0.2, 0) is 20.9 Å². The van der Waals surface area contributed by atoms with Crippen LogP contribution in [0.3, 0.4) is 0 Å². The number of carbonyl (C=O) groups excluding carboxylic acids is 2. The molecule has 0 atom stereocenters. The predicted molar refractivity (Wildman–Crippen MR) is 95.7 cm³/mol. The molecule has 1 aliphatic rings. The van der Waals surface area contributed by atoms with Gasteiger partial charge in [0.15, 0.2) is 0 Å². The molecule has 0 N–H and O–H groups in total. The molecule has 2 rings (SSSR count). The minimum Gasteiger partial charge on any atom is -0.469 e. The van der Waals surface area contributed by atoms with Gasteiger partial charge in [-0.25, -0.2) is 0 Å². The lowest BCUT2D eigenvalue weighted by Gasteiger charge is -2.32. The van der Waals surface area contributed by atoms with Gasteiger partial charge in [-0.2, -0.15) is 0 Å². The molecule has 0 aliphatic heterocycles. The molecule has 5 nitrogen and oxygen atoms in total. The van der Waals surface area contributed by atoms with E-state index in [1.165, 1.54) is 26.4 Å². The summed E-state index contributed by atoms with van der Waals surface area (Å²) in [4.78, 5) is 26.2. The molecule has 1 fully saturated rings. The Morgan fingerprint density at radius 1 is 1.28 bits per heavy atom. The summed E-state index contributed by atoms with van der Waals surface area (Å²) in [7, 11) is 1.37. The number of carbonyl (C=O) groups is 2. The van der Waals surface area contributed by atoms with E-state index < -0.39 is 0 Å². The Labute approximate surface area is 150 Å². The summed E-state index contributed by atoms with van der Waals surface area (Å²) in [5, 5.41) is 0. The van der Waals surface area contributed by atoms with Crippen LogP contribution in [0.5, 0.6) is 0 Å². The molecule has 1 aromatic rings. The van der Waals surface area contributed by atoms with Crippen LogP contribution in [0, 0.1) is 11.8 Å². The largest absolute Gasteiger partial charge is 0.469 e. The molecule has 5 heteroatoms. The predicted octanol–water partition coefficient (Wildman–Crippen LogP) is 4.17. The van der Waals surface area contributed by atoms with Gasteiger partial charge in [-0.05, 0) is 43.7 Å². The number of nitrogens with zero attached hydrogens (tertiary/aromatic N) is 1. The van der Waals surface area contributed by atoms with Crippen molar-refractivity contribution >= 4 is 11.9 Å². The lowest BCUT2D eigenvalue weighted by atomic mass is 9.79. The number of amides is 1. The molecule has 0 saturated heterocycles. The van der Waals surface area contributed by atoms with Crippen molar-refractivity contribution in [2.75, 3.05) is 13.7 Å². The summed E-state index contributed by atoms with van der Waals surface area (Å²) in [5.41, 5.74) is 0. The number of ether oxygens (including phenoxy) is 1. The number of unbranched alkanes of at least 4 members (excludes halogenated alkanes) is 1. The Kier molecular flexibility index (Phi) is 8.02. The number of hydrogen-bond acceptors (Lipinski definition) is 4. The van der Waals surface area contributed by atoms with Crippen LogP contribution >= 0.6 is 0 Å². The fourth-order valence-electron chi connectivity index (χ4n) is 3.64. The van der Waals surface area contributed by atoms with Crippen molar-refractivity contribution in [2.45, 2.75) is 64.8 Å². The Morgan fingerprint density at radius 2 is 2.04 bits per heavy atom. The molecule has 1 heterocycles. The van der Waals surface area contributed by atoms with Crippen molar-refractivity contribution in [3.05, 3.63) is 24.2 Å². The number of hydrogen-bond donors (Lipinski definition) is 0. The smallest absolute Gasteiger partial charge is 0.307 e. The third-order valence-corrected chi connectivity index (χ3v) is 5.21. The third-order valence-electron chi connectivity index (χ3n) is 5.21. The first kappa shape index (κ1) is 19.5. The molecule has 1 aliphatic carbocycles. The quantitative estimate of drug-likeness (QED) is 0.628. The highest BCUT2D eigenvalue weighted by atomic mass is 16.5. The van der Waals surface area contributed by atoms with Gasteiger partial charge in [0, 0.05) is 12.5 Å². The second-order valence-electron chi connectivity index (χ2n) is 7.03. The van der Waals surface area contributed by atoms with E-state index in [4.69, 9.17) is 9.15 Å². The Morgan fingerprint density at radius 3 is 2.64 bits per heavy atom. The van der Waals surface area contributed by atoms with Gasteiger partial charge in [0.05, 0.1) is 26.3 Å². The van der Waals surface area contributed by atoms with Crippen molar-refractivity contribution in [2.24, 2.45) is 11.8 Å². The number of esters is 1. The molecule has 140 valence electrons. The first-order valence-corrected chi connectivity index (χ1v) is 9.52. The average molecular weight is 349 g/mol. The monoisotopic (exact) mass is 349 g/mol. The van der Waals surface area contributed by atoms with Crippen molar-refractivity contribution < 1.29 is 18.7 Å². The highest BCUT2D eigenvalue weighted by Gasteiger charge is 2.29. The molecule has 1 aromatic heterocycles. The summed E-state index contributed by atoms with van der Waals surface area (Å²) >= 11 is 0.